The van der Waals surface area contributed by atoms with E-state index >= 15 is 0 Å². The van der Waals surface area contributed by atoms with Crippen LogP contribution in [0.5, 0.6) is 0 Å². The maximum Gasteiger partial charge on any atom is 0.254 e. The minimum Gasteiger partial charge on any atom is -0.354 e. The lowest BCUT2D eigenvalue weighted by molar-refractivity contribution is -0.122. The van der Waals surface area contributed by atoms with Gasteiger partial charge in [-0.2, -0.15) is 4.31 Å². The Morgan fingerprint density at radius 2 is 1.96 bits per heavy atom. The molecule has 2 amide bonds. The second-order valence-corrected chi connectivity index (χ2v) is 8.80. The van der Waals surface area contributed by atoms with E-state index in [1.807, 2.05) is 11.8 Å². The number of carbonyl (C=O) groups is 2. The van der Waals surface area contributed by atoms with E-state index in [2.05, 4.69) is 10.6 Å². The van der Waals surface area contributed by atoms with Crippen LogP contribution in [-0.4, -0.2) is 74.7 Å². The first-order valence-corrected chi connectivity index (χ1v) is 10.8. The maximum absolute atomic E-state index is 12.9. The zero-order chi connectivity index (χ0) is 19.4. The number of piperazine rings is 1. The van der Waals surface area contributed by atoms with Gasteiger partial charge in [-0.1, -0.05) is 6.92 Å². The number of nitrogens with one attached hydrogen (secondary N) is 2. The van der Waals surface area contributed by atoms with Gasteiger partial charge in [0.1, 0.15) is 0 Å². The fourth-order valence-electron chi connectivity index (χ4n) is 3.50. The monoisotopic (exact) mass is 430 g/mol. The van der Waals surface area contributed by atoms with Crippen molar-refractivity contribution in [3.63, 3.8) is 0 Å². The second kappa shape index (κ2) is 9.69. The van der Waals surface area contributed by atoms with Crippen molar-refractivity contribution in [2.75, 3.05) is 39.3 Å². The first kappa shape index (κ1) is 22.6. The Hall–Kier alpha value is -1.68. The maximum atomic E-state index is 12.9. The van der Waals surface area contributed by atoms with Crippen molar-refractivity contribution in [3.05, 3.63) is 29.8 Å². The Morgan fingerprint density at radius 3 is 2.54 bits per heavy atom. The summed E-state index contributed by atoms with van der Waals surface area (Å²) in [6, 6.07) is 6.19. The number of amides is 2. The molecule has 0 aliphatic carbocycles. The van der Waals surface area contributed by atoms with Gasteiger partial charge in [-0.25, -0.2) is 8.42 Å². The molecule has 1 aromatic rings. The SMILES string of the molecule is CCCN(C(=O)c1ccc(S(=O)(=O)N2CCNC(=O)C2)cc1)C1CCNC1.Cl. The Kier molecular flexibility index (Phi) is 7.82. The third-order valence-electron chi connectivity index (χ3n) is 4.94. The third kappa shape index (κ3) is 4.83. The molecule has 2 aliphatic rings. The highest BCUT2D eigenvalue weighted by molar-refractivity contribution is 7.89. The summed E-state index contributed by atoms with van der Waals surface area (Å²) in [5.74, 6) is -0.385. The number of hydrogen-bond acceptors (Lipinski definition) is 5. The molecule has 2 aliphatic heterocycles. The highest BCUT2D eigenvalue weighted by Crippen LogP contribution is 2.19. The summed E-state index contributed by atoms with van der Waals surface area (Å²) in [6.07, 6.45) is 1.79. The van der Waals surface area contributed by atoms with Crippen molar-refractivity contribution < 1.29 is 18.0 Å². The normalized spacial score (nSPS) is 20.3. The molecular formula is C18H27ClN4O4S. The van der Waals surface area contributed by atoms with Crippen molar-refractivity contribution in [3.8, 4) is 0 Å². The van der Waals surface area contributed by atoms with Crippen molar-refractivity contribution in [2.45, 2.75) is 30.7 Å². The molecule has 0 bridgehead atoms. The van der Waals surface area contributed by atoms with Crippen molar-refractivity contribution in [1.82, 2.24) is 19.8 Å². The number of carbonyl (C=O) groups excluding carboxylic acids is 2. The molecule has 1 aromatic carbocycles. The summed E-state index contributed by atoms with van der Waals surface area (Å²) in [5.41, 5.74) is 0.477. The van der Waals surface area contributed by atoms with E-state index in [1.165, 1.54) is 12.1 Å². The van der Waals surface area contributed by atoms with Gasteiger partial charge in [0.05, 0.1) is 11.4 Å². The van der Waals surface area contributed by atoms with E-state index in [0.717, 1.165) is 30.2 Å². The van der Waals surface area contributed by atoms with E-state index in [9.17, 15) is 18.0 Å². The van der Waals surface area contributed by atoms with Gasteiger partial charge in [0.15, 0.2) is 0 Å². The molecule has 1 atom stereocenters. The van der Waals surface area contributed by atoms with Crippen LogP contribution in [0, 0.1) is 0 Å². The lowest BCUT2D eigenvalue weighted by Gasteiger charge is -2.28. The first-order valence-electron chi connectivity index (χ1n) is 9.32. The highest BCUT2D eigenvalue weighted by Gasteiger charge is 2.30. The molecule has 2 heterocycles. The van der Waals surface area contributed by atoms with Crippen molar-refractivity contribution in [1.29, 1.82) is 0 Å². The third-order valence-corrected chi connectivity index (χ3v) is 6.80. The Balaban J connectivity index is 0.00000280. The zero-order valence-electron chi connectivity index (χ0n) is 15.9. The minimum absolute atomic E-state index is 0. The van der Waals surface area contributed by atoms with Gasteiger partial charge >= 0.3 is 0 Å². The van der Waals surface area contributed by atoms with E-state index in [1.54, 1.807) is 12.1 Å². The fraction of sp³-hybridized carbons (Fsp3) is 0.556. The highest BCUT2D eigenvalue weighted by atomic mass is 35.5. The van der Waals surface area contributed by atoms with Gasteiger partial charge in [0.2, 0.25) is 15.9 Å². The molecule has 3 rings (SSSR count). The van der Waals surface area contributed by atoms with Gasteiger partial charge < -0.3 is 15.5 Å². The van der Waals surface area contributed by atoms with Crippen LogP contribution in [0.4, 0.5) is 0 Å². The van der Waals surface area contributed by atoms with Crippen LogP contribution in [0.15, 0.2) is 29.2 Å². The van der Waals surface area contributed by atoms with E-state index < -0.39 is 10.0 Å². The number of halogens is 1. The van der Waals surface area contributed by atoms with Gasteiger partial charge in [-0.05, 0) is 43.7 Å². The fourth-order valence-corrected chi connectivity index (χ4v) is 4.90. The van der Waals surface area contributed by atoms with Crippen LogP contribution in [0.1, 0.15) is 30.1 Å². The number of benzene rings is 1. The van der Waals surface area contributed by atoms with Crippen LogP contribution in [0.25, 0.3) is 0 Å². The Bertz CT molecular complexity index is 794. The lowest BCUT2D eigenvalue weighted by atomic mass is 10.1. The average molecular weight is 431 g/mol. The van der Waals surface area contributed by atoms with Crippen LogP contribution >= 0.6 is 12.4 Å². The van der Waals surface area contributed by atoms with Gasteiger partial charge in [0, 0.05) is 37.8 Å². The summed E-state index contributed by atoms with van der Waals surface area (Å²) >= 11 is 0. The molecular weight excluding hydrogens is 404 g/mol. The van der Waals surface area contributed by atoms with Crippen LogP contribution < -0.4 is 10.6 Å². The smallest absolute Gasteiger partial charge is 0.254 e. The molecule has 10 heteroatoms. The van der Waals surface area contributed by atoms with E-state index in [4.69, 9.17) is 0 Å². The van der Waals surface area contributed by atoms with Crippen molar-refractivity contribution >= 4 is 34.2 Å². The van der Waals surface area contributed by atoms with Gasteiger partial charge in [0.25, 0.3) is 5.91 Å². The molecule has 0 radical (unpaired) electrons. The van der Waals surface area contributed by atoms with E-state index in [0.29, 0.717) is 18.7 Å². The largest absolute Gasteiger partial charge is 0.354 e. The number of sulfonamides is 1. The van der Waals surface area contributed by atoms with Crippen LogP contribution in [0.3, 0.4) is 0 Å². The predicted octanol–water partition coefficient (Wildman–Crippen LogP) is 0.443. The molecule has 0 saturated carbocycles. The summed E-state index contributed by atoms with van der Waals surface area (Å²) in [4.78, 5) is 26.4. The van der Waals surface area contributed by atoms with Crippen LogP contribution in [0.2, 0.25) is 0 Å². The van der Waals surface area contributed by atoms with Crippen LogP contribution in [-0.2, 0) is 14.8 Å². The summed E-state index contributed by atoms with van der Waals surface area (Å²) in [7, 11) is -3.75. The van der Waals surface area contributed by atoms with E-state index in [-0.39, 0.29) is 48.2 Å². The molecule has 2 fully saturated rings. The molecule has 2 saturated heterocycles. The molecule has 8 nitrogen and oxygen atoms in total. The quantitative estimate of drug-likeness (QED) is 0.682. The summed E-state index contributed by atoms with van der Waals surface area (Å²) in [6.45, 7) is 4.76. The molecule has 0 spiro atoms. The summed E-state index contributed by atoms with van der Waals surface area (Å²) < 4.78 is 26.6. The standard InChI is InChI=1S/C18H26N4O4S.ClH/c1-2-10-22(15-7-8-19-12-15)18(24)14-3-5-16(6-4-14)27(25,26)21-11-9-20-17(23)13-21;/h3-6,15,19H,2,7-13H2,1H3,(H,20,23);1H. The predicted molar refractivity (Wildman–Crippen MR) is 108 cm³/mol. The van der Waals surface area contributed by atoms with Crippen molar-refractivity contribution in [2.24, 2.45) is 0 Å². The number of hydrogen-bond donors (Lipinski definition) is 2. The number of rotatable bonds is 6. The zero-order valence-corrected chi connectivity index (χ0v) is 17.5. The minimum atomic E-state index is -3.75. The molecule has 2 N–H and O–H groups in total. The summed E-state index contributed by atoms with van der Waals surface area (Å²) in [5, 5.41) is 5.89. The Labute approximate surface area is 172 Å². The topological polar surface area (TPSA) is 98.8 Å². The molecule has 0 aromatic heterocycles. The molecule has 28 heavy (non-hydrogen) atoms. The van der Waals surface area contributed by atoms with Gasteiger partial charge in [-0.15, -0.1) is 12.4 Å². The average Bonchev–Trinajstić information content (AvgIpc) is 3.20. The molecule has 156 valence electrons. The first-order chi connectivity index (χ1) is 12.9. The lowest BCUT2D eigenvalue weighted by Crippen LogP contribution is -2.49. The molecule has 1 unspecified atom stereocenters. The number of nitrogens with zero attached hydrogens (tertiary/aromatic N) is 2. The van der Waals surface area contributed by atoms with Gasteiger partial charge in [-0.3, -0.25) is 9.59 Å². The Morgan fingerprint density at radius 1 is 1.25 bits per heavy atom. The second-order valence-electron chi connectivity index (χ2n) is 6.86.